The number of carbonyl (C=O) groups is 9. The lowest BCUT2D eigenvalue weighted by Gasteiger charge is -2.60. The van der Waals surface area contributed by atoms with Gasteiger partial charge in [-0.15, -0.1) is 0 Å². The van der Waals surface area contributed by atoms with Crippen LogP contribution in [0.4, 0.5) is 0 Å². The third kappa shape index (κ3) is 11.5. The van der Waals surface area contributed by atoms with Gasteiger partial charge >= 0.3 is 17.9 Å². The lowest BCUT2D eigenvalue weighted by Crippen LogP contribution is -2.63. The summed E-state index contributed by atoms with van der Waals surface area (Å²) in [6.45, 7) is 14.1. The van der Waals surface area contributed by atoms with Crippen molar-refractivity contribution in [1.29, 1.82) is 0 Å². The number of carbonyl (C=O) groups excluding carboxylic acids is 9. The summed E-state index contributed by atoms with van der Waals surface area (Å²) in [5, 5.41) is 29.3. The van der Waals surface area contributed by atoms with Crippen LogP contribution in [-0.2, 0) is 66.8 Å². The molecule has 1 heterocycles. The minimum absolute atomic E-state index is 0.00573. The molecule has 79 heavy (non-hydrogen) atoms. The zero-order valence-electron chi connectivity index (χ0n) is 47.2. The van der Waals surface area contributed by atoms with Gasteiger partial charge in [0, 0.05) is 61.7 Å². The van der Waals surface area contributed by atoms with Crippen LogP contribution in [0.15, 0.2) is 47.6 Å². The van der Waals surface area contributed by atoms with Crippen LogP contribution in [0, 0.1) is 62.6 Å². The highest BCUT2D eigenvalue weighted by Gasteiger charge is 2.76. The van der Waals surface area contributed by atoms with E-state index in [1.807, 2.05) is 19.1 Å². The molecule has 8 aliphatic carbocycles. The molecule has 0 bridgehead atoms. The van der Waals surface area contributed by atoms with E-state index < -0.39 is 88.3 Å². The molecule has 0 amide bonds. The topological polar surface area (TPSA) is 264 Å². The summed E-state index contributed by atoms with van der Waals surface area (Å²) in [7, 11) is 4.86. The number of nitrogens with one attached hydrogen (secondary N) is 2. The van der Waals surface area contributed by atoms with Crippen LogP contribution in [0.3, 0.4) is 0 Å². The average Bonchev–Trinajstić information content (AvgIpc) is 3.11. The van der Waals surface area contributed by atoms with Crippen molar-refractivity contribution in [2.24, 2.45) is 62.6 Å². The van der Waals surface area contributed by atoms with E-state index in [1.54, 1.807) is 24.3 Å². The molecule has 0 aromatic heterocycles. The van der Waals surface area contributed by atoms with Crippen molar-refractivity contribution in [2.75, 3.05) is 26.3 Å². The highest BCUT2D eigenvalue weighted by atomic mass is 31.0. The summed E-state index contributed by atoms with van der Waals surface area (Å²) in [4.78, 5) is 109. The average molecular weight is 1140 g/mol. The number of ketones is 5. The van der Waals surface area contributed by atoms with Gasteiger partial charge < -0.3 is 48.9 Å². The zero-order chi connectivity index (χ0) is 58.0. The molecule has 19 unspecified atom stereocenters. The molecule has 436 valence electrons. The van der Waals surface area contributed by atoms with Crippen LogP contribution < -0.4 is 10.2 Å². The number of fused-ring (bicyclic) bond motifs is 12. The van der Waals surface area contributed by atoms with Crippen molar-refractivity contribution >= 4 is 71.9 Å². The second kappa shape index (κ2) is 24.8. The zero-order valence-corrected chi connectivity index (χ0v) is 49.5. The number of hydrogen-bond donors (Lipinski definition) is 4. The SMILES string of the molecule is CC(=O)CC1(C(=O)COC(C)=O)C(OC(C)=O)CC2C3CCC4=CC(=O)C=CC4(C)C3C(O)CC21C.CC(=O)OCC(=O)C12OC(CCCNP)OC1CC1C3CCC4=CC(=O)C=CC4(C)C3C(O)CC12C.O=CCCCNP. The fraction of sp³-hybridized carbons (Fsp3) is 0.712. The lowest BCUT2D eigenvalue weighted by molar-refractivity contribution is -0.201. The number of ether oxygens (including phenoxy) is 5. The molecule has 4 N–H and O–H groups in total. The van der Waals surface area contributed by atoms with Crippen LogP contribution in [0.2, 0.25) is 0 Å². The van der Waals surface area contributed by atoms with Crippen molar-refractivity contribution in [2.45, 2.75) is 175 Å². The van der Waals surface area contributed by atoms with Crippen LogP contribution in [-0.4, -0.2) is 126 Å². The molecule has 19 atom stereocenters. The predicted octanol–water partition coefficient (Wildman–Crippen LogP) is 5.90. The summed E-state index contributed by atoms with van der Waals surface area (Å²) < 4.78 is 29.0. The van der Waals surface area contributed by atoms with Crippen molar-refractivity contribution in [3.05, 3.63) is 47.6 Å². The maximum atomic E-state index is 13.9. The Kier molecular flexibility index (Phi) is 19.7. The maximum Gasteiger partial charge on any atom is 0.303 e. The smallest absolute Gasteiger partial charge is 0.303 e. The van der Waals surface area contributed by atoms with E-state index in [4.69, 9.17) is 23.7 Å². The number of Topliss-reactive ketones (excluding diaryl/α,β-unsaturated/α-hetero) is 3. The number of aliphatic hydroxyl groups excluding tert-OH is 2. The number of aliphatic hydroxyl groups is 2. The number of unbranched alkanes of at least 4 members (excludes halogenated alkanes) is 1. The maximum absolute atomic E-state index is 13.9. The van der Waals surface area contributed by atoms with E-state index in [1.165, 1.54) is 27.7 Å². The first-order valence-corrected chi connectivity index (χ1v) is 29.3. The Labute approximate surface area is 469 Å². The van der Waals surface area contributed by atoms with E-state index in [2.05, 4.69) is 49.7 Å². The molecule has 0 spiro atoms. The van der Waals surface area contributed by atoms with Crippen molar-refractivity contribution in [1.82, 2.24) is 10.2 Å². The van der Waals surface area contributed by atoms with Crippen LogP contribution in [0.1, 0.15) is 139 Å². The minimum Gasteiger partial charge on any atom is -0.461 e. The third-order valence-corrected chi connectivity index (χ3v) is 20.8. The quantitative estimate of drug-likeness (QED) is 0.0434. The Morgan fingerprint density at radius 1 is 0.722 bits per heavy atom. The van der Waals surface area contributed by atoms with E-state index >= 15 is 0 Å². The summed E-state index contributed by atoms with van der Waals surface area (Å²) in [6.07, 6.45) is 15.6. The van der Waals surface area contributed by atoms with Gasteiger partial charge in [0.2, 0.25) is 5.78 Å². The van der Waals surface area contributed by atoms with Gasteiger partial charge in [-0.05, 0) is 144 Å². The summed E-state index contributed by atoms with van der Waals surface area (Å²) in [5.41, 5.74) is -3.03. The van der Waals surface area contributed by atoms with Gasteiger partial charge in [0.15, 0.2) is 42.5 Å². The minimum atomic E-state index is -1.42. The Morgan fingerprint density at radius 3 is 1.72 bits per heavy atom. The molecule has 9 rings (SSSR count). The molecule has 20 heteroatoms. The molecule has 7 fully saturated rings. The number of hydrogen-bond acceptors (Lipinski definition) is 18. The Hall–Kier alpha value is -3.99. The summed E-state index contributed by atoms with van der Waals surface area (Å²) in [6, 6.07) is 0. The van der Waals surface area contributed by atoms with Crippen molar-refractivity contribution in [3.8, 4) is 0 Å². The largest absolute Gasteiger partial charge is 0.461 e. The normalized spacial score (nSPS) is 39.8. The monoisotopic (exact) mass is 1140 g/mol. The molecular formula is C59H84N2O16P2. The van der Waals surface area contributed by atoms with Gasteiger partial charge in [0.05, 0.1) is 23.7 Å². The van der Waals surface area contributed by atoms with Gasteiger partial charge in [0.1, 0.15) is 18.2 Å². The third-order valence-electron chi connectivity index (χ3n) is 20.2. The van der Waals surface area contributed by atoms with Crippen molar-refractivity contribution in [3.63, 3.8) is 0 Å². The Morgan fingerprint density at radius 2 is 1.23 bits per heavy atom. The first kappa shape index (κ1) is 62.6. The highest BCUT2D eigenvalue weighted by molar-refractivity contribution is 7.13. The first-order chi connectivity index (χ1) is 37.2. The molecule has 1 aliphatic heterocycles. The van der Waals surface area contributed by atoms with Crippen LogP contribution in [0.5, 0.6) is 0 Å². The molecule has 6 saturated carbocycles. The summed E-state index contributed by atoms with van der Waals surface area (Å²) >= 11 is 0. The second-order valence-electron chi connectivity index (χ2n) is 24.5. The molecule has 0 radical (unpaired) electrons. The second-order valence-corrected chi connectivity index (χ2v) is 25.3. The van der Waals surface area contributed by atoms with Gasteiger partial charge in [0.25, 0.3) is 0 Å². The molecule has 0 aromatic carbocycles. The molecule has 9 aliphatic rings. The molecule has 0 aromatic rings. The number of esters is 3. The number of aldehydes is 1. The Balaban J connectivity index is 0.000000204. The van der Waals surface area contributed by atoms with Crippen LogP contribution in [0.25, 0.3) is 0 Å². The van der Waals surface area contributed by atoms with Gasteiger partial charge in [-0.25, -0.2) is 0 Å². The lowest BCUT2D eigenvalue weighted by atomic mass is 9.44. The van der Waals surface area contributed by atoms with E-state index in [9.17, 15) is 53.4 Å². The van der Waals surface area contributed by atoms with Crippen LogP contribution >= 0.6 is 18.8 Å². The number of rotatable bonds is 17. The fourth-order valence-electron chi connectivity index (χ4n) is 17.1. The van der Waals surface area contributed by atoms with E-state index in [-0.39, 0.29) is 83.5 Å². The highest BCUT2D eigenvalue weighted by Crippen LogP contribution is 2.72. The summed E-state index contributed by atoms with van der Waals surface area (Å²) in [5.74, 6) is -2.85. The first-order valence-electron chi connectivity index (χ1n) is 28.1. The molecule has 18 nitrogen and oxygen atoms in total. The standard InChI is InChI=1S/C28H36O8.C27H38NO7P.C4H10NOP/c1-15(29)12-28(23(34)14-35-16(2)30)24(36-17(3)31)11-21-20-7-6-18-10-19(32)8-9-26(18,4)25(20)22(33)13-27(21,28)5;1-15(29)33-14-21(32)27-22(34-23(35-27)5-4-10-28-36)12-19-18-7-6-16-11-17(30)8-9-25(16,2)24(18)20(31)13-26(19,27)3;6-4-2-1-3-5-7/h8-10,20-22,24-25,33H,6-7,11-14H2,1-5H3;8-9,11,18-20,22-24,28,31H,4-7,10,12-14,36H2,1-3H3;4-5H,1-3,7H2. The molecular weight excluding hydrogens is 1050 g/mol. The van der Waals surface area contributed by atoms with Crippen molar-refractivity contribution < 1.29 is 77.0 Å². The number of allylic oxidation sites excluding steroid dienone is 8. The van der Waals surface area contributed by atoms with Gasteiger partial charge in [-0.1, -0.05) is 69.8 Å². The Bertz CT molecular complexity index is 2550. The van der Waals surface area contributed by atoms with E-state index in [0.717, 1.165) is 56.2 Å². The van der Waals surface area contributed by atoms with Gasteiger partial charge in [-0.3, -0.25) is 38.4 Å². The predicted molar refractivity (Wildman–Crippen MR) is 296 cm³/mol. The van der Waals surface area contributed by atoms with E-state index in [0.29, 0.717) is 44.9 Å². The van der Waals surface area contributed by atoms with Gasteiger partial charge in [-0.2, -0.15) is 0 Å². The molecule has 1 saturated heterocycles. The fourth-order valence-corrected chi connectivity index (χ4v) is 17.5.